The van der Waals surface area contributed by atoms with Gasteiger partial charge in [-0.15, -0.1) is 11.3 Å². The number of aromatic amines is 1. The fourth-order valence-electron chi connectivity index (χ4n) is 3.66. The molecule has 0 radical (unpaired) electrons. The summed E-state index contributed by atoms with van der Waals surface area (Å²) in [5.41, 5.74) is 1.25. The third-order valence-electron chi connectivity index (χ3n) is 5.74. The van der Waals surface area contributed by atoms with Crippen LogP contribution in [0, 0.1) is 0 Å². The van der Waals surface area contributed by atoms with Crippen molar-refractivity contribution in [1.29, 1.82) is 0 Å². The van der Waals surface area contributed by atoms with E-state index in [1.807, 2.05) is 0 Å². The molecule has 0 amide bonds. The Morgan fingerprint density at radius 1 is 1.11 bits per heavy atom. The summed E-state index contributed by atoms with van der Waals surface area (Å²) in [6.45, 7) is 6.56. The van der Waals surface area contributed by atoms with E-state index in [9.17, 15) is 18.0 Å². The third-order valence-corrected chi connectivity index (χ3v) is 6.86. The van der Waals surface area contributed by atoms with Crippen LogP contribution < -0.4 is 15.2 Å². The van der Waals surface area contributed by atoms with Gasteiger partial charge in [0.05, 0.1) is 28.8 Å². The zero-order chi connectivity index (χ0) is 26.6. The van der Waals surface area contributed by atoms with Crippen molar-refractivity contribution in [3.63, 3.8) is 0 Å². The van der Waals surface area contributed by atoms with E-state index in [-0.39, 0.29) is 12.4 Å². The molecule has 0 aliphatic carbocycles. The van der Waals surface area contributed by atoms with Gasteiger partial charge in [-0.2, -0.15) is 13.2 Å². The highest BCUT2D eigenvalue weighted by Gasteiger charge is 2.30. The van der Waals surface area contributed by atoms with Gasteiger partial charge in [-0.1, -0.05) is 31.1 Å². The number of methoxy groups -OCH3 is 1. The summed E-state index contributed by atoms with van der Waals surface area (Å²) in [6.07, 6.45) is -4.39. The predicted octanol–water partition coefficient (Wildman–Crippen LogP) is 5.60. The van der Waals surface area contributed by atoms with E-state index in [0.717, 1.165) is 35.8 Å². The maximum atomic E-state index is 13.0. The number of H-pyrrole nitrogens is 1. The minimum Gasteiger partial charge on any atom is -0.496 e. The van der Waals surface area contributed by atoms with Crippen LogP contribution in [0.4, 0.5) is 13.2 Å². The first-order chi connectivity index (χ1) is 17.7. The van der Waals surface area contributed by atoms with Gasteiger partial charge in [-0.05, 0) is 37.4 Å². The fraction of sp³-hybridized carbons (Fsp3) is 0.320. The van der Waals surface area contributed by atoms with Gasteiger partial charge in [0.1, 0.15) is 23.1 Å². The molecule has 4 rings (SSSR count). The molecule has 0 aliphatic heterocycles. The second kappa shape index (κ2) is 11.2. The minimum atomic E-state index is -4.39. The van der Waals surface area contributed by atoms with Gasteiger partial charge in [-0.3, -0.25) is 14.4 Å². The number of nitrogens with zero attached hydrogens (tertiary/aromatic N) is 3. The molecule has 2 aromatic heterocycles. The number of benzene rings is 2. The van der Waals surface area contributed by atoms with E-state index in [0.29, 0.717) is 34.2 Å². The van der Waals surface area contributed by atoms with E-state index in [1.165, 1.54) is 30.6 Å². The number of thiazole rings is 1. The molecule has 0 aliphatic rings. The highest BCUT2D eigenvalue weighted by atomic mass is 32.1. The highest BCUT2D eigenvalue weighted by Crippen LogP contribution is 2.35. The number of hydrogen-bond donors (Lipinski definition) is 1. The molecule has 0 saturated carbocycles. The molecule has 0 atom stereocenters. The standard InChI is InChI=1S/C25H25F3N4O4S/c1-4-32(5-2)13-19-21(37-23(29-19)15-6-8-16(9-7-15)25(26,27)28)14-35-17-10-11-18(20(12-17)34-3)22-30-24(33)36-31-22/h6-12H,4-5,13-14H2,1-3H3,(H,30,31,33). The molecule has 8 nitrogen and oxygen atoms in total. The van der Waals surface area contributed by atoms with Crippen LogP contribution in [-0.2, 0) is 19.3 Å². The monoisotopic (exact) mass is 534 g/mol. The van der Waals surface area contributed by atoms with Gasteiger partial charge in [0.2, 0.25) is 0 Å². The van der Waals surface area contributed by atoms with Gasteiger partial charge < -0.3 is 9.47 Å². The normalized spacial score (nSPS) is 11.8. The lowest BCUT2D eigenvalue weighted by molar-refractivity contribution is -0.137. The van der Waals surface area contributed by atoms with Crippen LogP contribution in [-0.4, -0.2) is 40.2 Å². The van der Waals surface area contributed by atoms with Crippen LogP contribution >= 0.6 is 11.3 Å². The number of nitrogens with one attached hydrogen (secondary N) is 1. The molecule has 12 heteroatoms. The van der Waals surface area contributed by atoms with Crippen LogP contribution in [0.25, 0.3) is 22.0 Å². The lowest BCUT2D eigenvalue weighted by Gasteiger charge is -2.17. The molecule has 0 saturated heterocycles. The SMILES string of the molecule is CCN(CC)Cc1nc(-c2ccc(C(F)(F)F)cc2)sc1COc1ccc(-c2noc(=O)[nH]2)c(OC)c1. The first kappa shape index (κ1) is 26.4. The van der Waals surface area contributed by atoms with Crippen molar-refractivity contribution in [3.05, 3.63) is 69.1 Å². The molecule has 2 aromatic carbocycles. The molecule has 196 valence electrons. The number of ether oxygens (including phenoxy) is 2. The molecule has 1 N–H and O–H groups in total. The topological polar surface area (TPSA) is 93.5 Å². The van der Waals surface area contributed by atoms with Gasteiger partial charge in [-0.25, -0.2) is 9.78 Å². The van der Waals surface area contributed by atoms with Gasteiger partial charge in [0, 0.05) is 18.2 Å². The van der Waals surface area contributed by atoms with Crippen molar-refractivity contribution in [3.8, 4) is 33.5 Å². The van der Waals surface area contributed by atoms with Crippen molar-refractivity contribution in [2.45, 2.75) is 33.2 Å². The Bertz CT molecular complexity index is 1390. The highest BCUT2D eigenvalue weighted by molar-refractivity contribution is 7.15. The lowest BCUT2D eigenvalue weighted by Crippen LogP contribution is -2.23. The molecule has 0 unspecified atom stereocenters. The Morgan fingerprint density at radius 2 is 1.84 bits per heavy atom. The summed E-state index contributed by atoms with van der Waals surface area (Å²) in [5.74, 6) is 0.510. The number of rotatable bonds is 10. The summed E-state index contributed by atoms with van der Waals surface area (Å²) < 4.78 is 55.0. The van der Waals surface area contributed by atoms with Gasteiger partial charge in [0.25, 0.3) is 0 Å². The fourth-order valence-corrected chi connectivity index (χ4v) is 4.64. The Labute approximate surface area is 214 Å². The van der Waals surface area contributed by atoms with Gasteiger partial charge in [0.15, 0.2) is 5.82 Å². The smallest absolute Gasteiger partial charge is 0.439 e. The zero-order valence-corrected chi connectivity index (χ0v) is 21.2. The van der Waals surface area contributed by atoms with E-state index < -0.39 is 17.5 Å². The molecule has 0 bridgehead atoms. The van der Waals surface area contributed by atoms with Crippen molar-refractivity contribution < 1.29 is 27.2 Å². The number of hydrogen-bond acceptors (Lipinski definition) is 8. The molecule has 2 heterocycles. The van der Waals surface area contributed by atoms with E-state index >= 15 is 0 Å². The largest absolute Gasteiger partial charge is 0.496 e. The van der Waals surface area contributed by atoms with Crippen LogP contribution in [0.1, 0.15) is 30.0 Å². The third kappa shape index (κ3) is 6.20. The van der Waals surface area contributed by atoms with Crippen LogP contribution in [0.3, 0.4) is 0 Å². The summed E-state index contributed by atoms with van der Waals surface area (Å²) in [7, 11) is 1.49. The maximum Gasteiger partial charge on any atom is 0.439 e. The van der Waals surface area contributed by atoms with Crippen LogP contribution in [0.15, 0.2) is 51.8 Å². The zero-order valence-electron chi connectivity index (χ0n) is 20.4. The first-order valence-corrected chi connectivity index (χ1v) is 12.3. The molecular weight excluding hydrogens is 509 g/mol. The first-order valence-electron chi connectivity index (χ1n) is 11.5. The Balaban J connectivity index is 1.59. The summed E-state index contributed by atoms with van der Waals surface area (Å²) in [5, 5.41) is 4.31. The van der Waals surface area contributed by atoms with Crippen molar-refractivity contribution in [2.75, 3.05) is 20.2 Å². The van der Waals surface area contributed by atoms with Crippen molar-refractivity contribution in [1.82, 2.24) is 20.0 Å². The second-order valence-electron chi connectivity index (χ2n) is 8.02. The van der Waals surface area contributed by atoms with E-state index in [1.54, 1.807) is 18.2 Å². The Morgan fingerprint density at radius 3 is 2.43 bits per heavy atom. The molecule has 4 aromatic rings. The van der Waals surface area contributed by atoms with Gasteiger partial charge >= 0.3 is 11.9 Å². The summed E-state index contributed by atoms with van der Waals surface area (Å²) >= 11 is 1.38. The average molecular weight is 535 g/mol. The average Bonchev–Trinajstić information content (AvgIpc) is 3.51. The molecule has 0 spiro atoms. The minimum absolute atomic E-state index is 0.207. The van der Waals surface area contributed by atoms with Crippen molar-refractivity contribution in [2.24, 2.45) is 0 Å². The van der Waals surface area contributed by atoms with Crippen LogP contribution in [0.2, 0.25) is 0 Å². The van der Waals surface area contributed by atoms with Crippen molar-refractivity contribution >= 4 is 11.3 Å². The summed E-state index contributed by atoms with van der Waals surface area (Å²) in [6, 6.07) is 10.1. The van der Waals surface area contributed by atoms with E-state index in [4.69, 9.17) is 14.5 Å². The molecule has 37 heavy (non-hydrogen) atoms. The number of alkyl halides is 3. The van der Waals surface area contributed by atoms with E-state index in [2.05, 4.69) is 33.4 Å². The Hall–Kier alpha value is -3.64. The molecular formula is C25H25F3N4O4S. The second-order valence-corrected chi connectivity index (χ2v) is 9.10. The van der Waals surface area contributed by atoms with Crippen LogP contribution in [0.5, 0.6) is 11.5 Å². The predicted molar refractivity (Wildman–Crippen MR) is 133 cm³/mol. The number of halogens is 3. The number of aromatic nitrogens is 3. The maximum absolute atomic E-state index is 13.0. The quantitative estimate of drug-likeness (QED) is 0.283. The molecule has 0 fully saturated rings. The lowest BCUT2D eigenvalue weighted by atomic mass is 10.1. The Kier molecular flexibility index (Phi) is 7.98. The summed E-state index contributed by atoms with van der Waals surface area (Å²) in [4.78, 5) is 21.6.